The van der Waals surface area contributed by atoms with Crippen molar-refractivity contribution in [2.24, 2.45) is 0 Å². The Morgan fingerprint density at radius 3 is 1.92 bits per heavy atom. The van der Waals surface area contributed by atoms with Gasteiger partial charge in [-0.2, -0.15) is 0 Å². The van der Waals surface area contributed by atoms with E-state index in [0.717, 1.165) is 21.7 Å². The maximum atomic E-state index is 13.1. The quantitative estimate of drug-likeness (QED) is 0.506. The molecule has 8 nitrogen and oxygen atoms in total. The Kier molecular flexibility index (Phi) is 8.02. The normalized spacial score (nSPS) is 13.9. The highest BCUT2D eigenvalue weighted by molar-refractivity contribution is 7.92. The van der Waals surface area contributed by atoms with Crippen LogP contribution in [-0.4, -0.2) is 64.2 Å². The molecular formula is C27H29N3O5S. The van der Waals surface area contributed by atoms with Crippen molar-refractivity contribution < 1.29 is 22.7 Å². The van der Waals surface area contributed by atoms with Crippen molar-refractivity contribution >= 4 is 27.5 Å². The van der Waals surface area contributed by atoms with Gasteiger partial charge >= 0.3 is 0 Å². The van der Waals surface area contributed by atoms with Gasteiger partial charge in [0.05, 0.1) is 31.2 Å². The number of morpholine rings is 1. The van der Waals surface area contributed by atoms with E-state index in [1.165, 1.54) is 0 Å². The number of sulfonamides is 1. The van der Waals surface area contributed by atoms with E-state index in [1.54, 1.807) is 29.2 Å². The van der Waals surface area contributed by atoms with Crippen LogP contribution in [-0.2, 0) is 19.6 Å². The third-order valence-corrected chi connectivity index (χ3v) is 7.10. The molecule has 0 atom stereocenters. The van der Waals surface area contributed by atoms with Gasteiger partial charge in [-0.25, -0.2) is 8.42 Å². The highest BCUT2D eigenvalue weighted by Crippen LogP contribution is 2.23. The van der Waals surface area contributed by atoms with E-state index in [-0.39, 0.29) is 5.91 Å². The van der Waals surface area contributed by atoms with Gasteiger partial charge in [-0.15, -0.1) is 0 Å². The molecule has 0 spiro atoms. The van der Waals surface area contributed by atoms with Gasteiger partial charge in [-0.3, -0.25) is 13.9 Å². The van der Waals surface area contributed by atoms with E-state index in [0.29, 0.717) is 37.6 Å². The summed E-state index contributed by atoms with van der Waals surface area (Å²) in [5, 5.41) is 2.98. The molecule has 9 heteroatoms. The molecule has 0 radical (unpaired) electrons. The minimum atomic E-state index is -3.77. The summed E-state index contributed by atoms with van der Waals surface area (Å²) in [5.41, 5.74) is 2.52. The lowest BCUT2D eigenvalue weighted by atomic mass is 9.99. The highest BCUT2D eigenvalue weighted by Gasteiger charge is 2.25. The average molecular weight is 508 g/mol. The lowest BCUT2D eigenvalue weighted by Gasteiger charge is -2.27. The number of amides is 2. The molecule has 0 aliphatic carbocycles. The van der Waals surface area contributed by atoms with Crippen LogP contribution in [0.4, 0.5) is 5.69 Å². The lowest BCUT2D eigenvalue weighted by Crippen LogP contribution is -2.42. The van der Waals surface area contributed by atoms with Crippen molar-refractivity contribution in [2.75, 3.05) is 43.4 Å². The summed E-state index contributed by atoms with van der Waals surface area (Å²) in [4.78, 5) is 27.5. The van der Waals surface area contributed by atoms with E-state index in [9.17, 15) is 18.0 Å². The van der Waals surface area contributed by atoms with Crippen molar-refractivity contribution in [1.82, 2.24) is 10.2 Å². The predicted octanol–water partition coefficient (Wildman–Crippen LogP) is 2.83. The van der Waals surface area contributed by atoms with Gasteiger partial charge in [-0.05, 0) is 35.4 Å². The number of hydrogen-bond donors (Lipinski definition) is 1. The van der Waals surface area contributed by atoms with E-state index < -0.39 is 28.5 Å². The Hall–Kier alpha value is -3.69. The first-order chi connectivity index (χ1) is 17.3. The van der Waals surface area contributed by atoms with Crippen LogP contribution < -0.4 is 9.62 Å². The summed E-state index contributed by atoms with van der Waals surface area (Å²) < 4.78 is 31.6. The minimum absolute atomic E-state index is 0.137. The molecule has 2 amide bonds. The van der Waals surface area contributed by atoms with Gasteiger partial charge in [0, 0.05) is 18.7 Å². The van der Waals surface area contributed by atoms with Crippen molar-refractivity contribution in [3.05, 3.63) is 102 Å². The van der Waals surface area contributed by atoms with Gasteiger partial charge < -0.3 is 15.0 Å². The molecule has 1 fully saturated rings. The third-order valence-electron chi connectivity index (χ3n) is 5.96. The molecule has 36 heavy (non-hydrogen) atoms. The second kappa shape index (κ2) is 11.4. The summed E-state index contributed by atoms with van der Waals surface area (Å²) >= 11 is 0. The summed E-state index contributed by atoms with van der Waals surface area (Å²) in [6.45, 7) is 1.62. The van der Waals surface area contributed by atoms with E-state index >= 15 is 0 Å². The standard InChI is InChI=1S/C27H29N3O5S/c1-36(33,34)30(24-14-12-23(13-15-24)27(32)29-16-18-35-19-17-29)20-25(31)28-26(21-8-4-2-5-9-21)22-10-6-3-7-11-22/h2-15,26H,16-20H2,1H3,(H,28,31). The smallest absolute Gasteiger partial charge is 0.254 e. The molecule has 3 aromatic carbocycles. The Balaban J connectivity index is 1.52. The van der Waals surface area contributed by atoms with Crippen molar-refractivity contribution in [1.29, 1.82) is 0 Å². The summed E-state index contributed by atoms with van der Waals surface area (Å²) in [6, 6.07) is 24.8. The number of benzene rings is 3. The number of hydrogen-bond acceptors (Lipinski definition) is 5. The van der Waals surface area contributed by atoms with Crippen LogP contribution in [0.1, 0.15) is 27.5 Å². The van der Waals surface area contributed by atoms with Crippen molar-refractivity contribution in [2.45, 2.75) is 6.04 Å². The fraction of sp³-hybridized carbons (Fsp3) is 0.259. The van der Waals surface area contributed by atoms with Crippen LogP contribution in [0, 0.1) is 0 Å². The van der Waals surface area contributed by atoms with E-state index in [2.05, 4.69) is 5.32 Å². The van der Waals surface area contributed by atoms with Gasteiger partial charge in [-0.1, -0.05) is 60.7 Å². The highest BCUT2D eigenvalue weighted by atomic mass is 32.2. The summed E-state index contributed by atoms with van der Waals surface area (Å²) in [7, 11) is -3.77. The van der Waals surface area contributed by atoms with Crippen molar-refractivity contribution in [3.8, 4) is 0 Å². The second-order valence-electron chi connectivity index (χ2n) is 8.54. The summed E-state index contributed by atoms with van der Waals surface area (Å²) in [6.07, 6.45) is 1.05. The topological polar surface area (TPSA) is 96.0 Å². The average Bonchev–Trinajstić information content (AvgIpc) is 2.91. The van der Waals surface area contributed by atoms with Crippen LogP contribution in [0.25, 0.3) is 0 Å². The zero-order valence-electron chi connectivity index (χ0n) is 20.0. The molecule has 1 saturated heterocycles. The van der Waals surface area contributed by atoms with Gasteiger partial charge in [0.25, 0.3) is 5.91 Å². The first-order valence-corrected chi connectivity index (χ1v) is 13.5. The lowest BCUT2D eigenvalue weighted by molar-refractivity contribution is -0.120. The molecule has 0 unspecified atom stereocenters. The SMILES string of the molecule is CS(=O)(=O)N(CC(=O)NC(c1ccccc1)c1ccccc1)c1ccc(C(=O)N2CCOCC2)cc1. The molecule has 1 aliphatic heterocycles. The number of carbonyl (C=O) groups is 2. The Morgan fingerprint density at radius 1 is 0.889 bits per heavy atom. The minimum Gasteiger partial charge on any atom is -0.378 e. The molecule has 0 aromatic heterocycles. The van der Waals surface area contributed by atoms with Gasteiger partial charge in [0.2, 0.25) is 15.9 Å². The van der Waals surface area contributed by atoms with E-state index in [4.69, 9.17) is 4.74 Å². The largest absolute Gasteiger partial charge is 0.378 e. The molecule has 1 N–H and O–H groups in total. The fourth-order valence-electron chi connectivity index (χ4n) is 4.11. The van der Waals surface area contributed by atoms with Crippen LogP contribution >= 0.6 is 0 Å². The molecule has 1 aliphatic rings. The van der Waals surface area contributed by atoms with Gasteiger partial charge in [0.1, 0.15) is 6.54 Å². The Labute approximate surface area is 211 Å². The van der Waals surface area contributed by atoms with Crippen molar-refractivity contribution in [3.63, 3.8) is 0 Å². The number of rotatable bonds is 8. The first kappa shape index (κ1) is 25.4. The zero-order valence-corrected chi connectivity index (χ0v) is 20.9. The molecule has 4 rings (SSSR count). The molecule has 188 valence electrons. The Morgan fingerprint density at radius 2 is 1.42 bits per heavy atom. The predicted molar refractivity (Wildman–Crippen MR) is 138 cm³/mol. The number of nitrogens with zero attached hydrogens (tertiary/aromatic N) is 2. The number of carbonyl (C=O) groups excluding carboxylic acids is 2. The van der Waals surface area contributed by atoms with Gasteiger partial charge in [0.15, 0.2) is 0 Å². The molecule has 0 saturated carbocycles. The zero-order chi connectivity index (χ0) is 25.5. The molecule has 1 heterocycles. The molecular weight excluding hydrogens is 478 g/mol. The molecule has 3 aromatic rings. The number of ether oxygens (including phenoxy) is 1. The maximum absolute atomic E-state index is 13.1. The van der Waals surface area contributed by atoms with Crippen LogP contribution in [0.15, 0.2) is 84.9 Å². The number of anilines is 1. The Bertz CT molecular complexity index is 1240. The maximum Gasteiger partial charge on any atom is 0.254 e. The van der Waals surface area contributed by atoms with Crippen LogP contribution in [0.2, 0.25) is 0 Å². The number of nitrogens with one attached hydrogen (secondary N) is 1. The first-order valence-electron chi connectivity index (χ1n) is 11.7. The van der Waals surface area contributed by atoms with E-state index in [1.807, 2.05) is 60.7 Å². The molecule has 0 bridgehead atoms. The monoisotopic (exact) mass is 507 g/mol. The third kappa shape index (κ3) is 6.30. The fourth-order valence-corrected chi connectivity index (χ4v) is 4.96. The van der Waals surface area contributed by atoms with Crippen LogP contribution in [0.3, 0.4) is 0 Å². The summed E-state index contributed by atoms with van der Waals surface area (Å²) in [5.74, 6) is -0.589. The van der Waals surface area contributed by atoms with Crippen LogP contribution in [0.5, 0.6) is 0 Å². The second-order valence-corrected chi connectivity index (χ2v) is 10.4.